The quantitative estimate of drug-likeness (QED) is 0.480. The Bertz CT molecular complexity index is 1200. The molecule has 0 spiro atoms. The number of anilines is 2. The van der Waals surface area contributed by atoms with E-state index in [1.165, 1.54) is 6.07 Å². The van der Waals surface area contributed by atoms with Gasteiger partial charge in [0.1, 0.15) is 22.3 Å². The van der Waals surface area contributed by atoms with E-state index in [0.29, 0.717) is 35.0 Å². The lowest BCUT2D eigenvalue weighted by Crippen LogP contribution is -2.17. The first-order chi connectivity index (χ1) is 13.4. The summed E-state index contributed by atoms with van der Waals surface area (Å²) >= 11 is 6.04. The van der Waals surface area contributed by atoms with Crippen LogP contribution in [-0.2, 0) is 16.9 Å². The summed E-state index contributed by atoms with van der Waals surface area (Å²) in [5.74, 6) is 1.06. The van der Waals surface area contributed by atoms with Gasteiger partial charge in [-0.05, 0) is 26.0 Å². The van der Waals surface area contributed by atoms with Crippen LogP contribution in [0.15, 0.2) is 24.5 Å². The van der Waals surface area contributed by atoms with Gasteiger partial charge in [0.05, 0.1) is 29.6 Å². The average molecular weight is 400 g/mol. The fraction of sp³-hybridized carbons (Fsp3) is 0.222. The van der Waals surface area contributed by atoms with Crippen LogP contribution in [-0.4, -0.2) is 30.4 Å². The molecule has 0 fully saturated rings. The SMILES string of the molecule is CC1(C)OCc2c(Nc3n[nH]c4c(Cl)c(F)ccc34)nc(-c3cn[nH]c3)nc21. The van der Waals surface area contributed by atoms with Gasteiger partial charge in [0.2, 0.25) is 0 Å². The highest BCUT2D eigenvalue weighted by Gasteiger charge is 2.36. The number of aromatic nitrogens is 6. The molecular formula is C18H15ClFN7O. The molecule has 0 aliphatic carbocycles. The molecule has 4 heterocycles. The molecule has 142 valence electrons. The third-order valence-electron chi connectivity index (χ3n) is 4.78. The number of H-pyrrole nitrogens is 2. The van der Waals surface area contributed by atoms with Crippen LogP contribution in [0, 0.1) is 5.82 Å². The van der Waals surface area contributed by atoms with E-state index >= 15 is 0 Å². The summed E-state index contributed by atoms with van der Waals surface area (Å²) in [6.07, 6.45) is 3.38. The van der Waals surface area contributed by atoms with E-state index in [0.717, 1.165) is 16.8 Å². The van der Waals surface area contributed by atoms with Gasteiger partial charge in [-0.1, -0.05) is 11.6 Å². The highest BCUT2D eigenvalue weighted by atomic mass is 35.5. The minimum Gasteiger partial charge on any atom is -0.364 e. The van der Waals surface area contributed by atoms with Gasteiger partial charge in [0, 0.05) is 17.1 Å². The number of halogens is 2. The lowest BCUT2D eigenvalue weighted by Gasteiger charge is -2.18. The molecule has 1 aliphatic rings. The van der Waals surface area contributed by atoms with Crippen molar-refractivity contribution in [3.05, 3.63) is 46.6 Å². The summed E-state index contributed by atoms with van der Waals surface area (Å²) in [5, 5.41) is 17.6. The molecule has 5 rings (SSSR count). The Morgan fingerprint density at radius 1 is 1.25 bits per heavy atom. The molecule has 0 radical (unpaired) electrons. The molecule has 0 saturated carbocycles. The van der Waals surface area contributed by atoms with Gasteiger partial charge < -0.3 is 10.1 Å². The van der Waals surface area contributed by atoms with Crippen LogP contribution in [0.1, 0.15) is 25.1 Å². The molecule has 1 aromatic carbocycles. The highest BCUT2D eigenvalue weighted by Crippen LogP contribution is 2.40. The lowest BCUT2D eigenvalue weighted by atomic mass is 10.0. The summed E-state index contributed by atoms with van der Waals surface area (Å²) in [5.41, 5.74) is 2.27. The van der Waals surface area contributed by atoms with E-state index in [1.807, 2.05) is 13.8 Å². The van der Waals surface area contributed by atoms with Crippen molar-refractivity contribution in [2.24, 2.45) is 0 Å². The Labute approximate surface area is 163 Å². The van der Waals surface area contributed by atoms with Gasteiger partial charge in [-0.15, -0.1) is 0 Å². The molecule has 0 atom stereocenters. The van der Waals surface area contributed by atoms with Crippen molar-refractivity contribution in [1.82, 2.24) is 30.4 Å². The molecule has 3 N–H and O–H groups in total. The zero-order chi connectivity index (χ0) is 19.5. The number of hydrogen-bond acceptors (Lipinski definition) is 6. The predicted molar refractivity (Wildman–Crippen MR) is 102 cm³/mol. The van der Waals surface area contributed by atoms with Crippen molar-refractivity contribution < 1.29 is 9.13 Å². The Balaban J connectivity index is 1.66. The average Bonchev–Trinajstić information content (AvgIpc) is 3.39. The fourth-order valence-electron chi connectivity index (χ4n) is 3.28. The summed E-state index contributed by atoms with van der Waals surface area (Å²) < 4.78 is 19.6. The zero-order valence-corrected chi connectivity index (χ0v) is 15.7. The first-order valence-corrected chi connectivity index (χ1v) is 8.95. The zero-order valence-electron chi connectivity index (χ0n) is 15.0. The number of ether oxygens (including phenoxy) is 1. The third-order valence-corrected chi connectivity index (χ3v) is 5.15. The van der Waals surface area contributed by atoms with Crippen molar-refractivity contribution in [2.45, 2.75) is 26.1 Å². The molecule has 0 amide bonds. The summed E-state index contributed by atoms with van der Waals surface area (Å²) in [6, 6.07) is 2.92. The maximum atomic E-state index is 13.7. The molecule has 0 saturated heterocycles. The van der Waals surface area contributed by atoms with Crippen LogP contribution >= 0.6 is 11.6 Å². The van der Waals surface area contributed by atoms with Crippen LogP contribution < -0.4 is 5.32 Å². The van der Waals surface area contributed by atoms with Crippen LogP contribution in [0.2, 0.25) is 5.02 Å². The van der Waals surface area contributed by atoms with E-state index in [1.54, 1.807) is 18.5 Å². The summed E-state index contributed by atoms with van der Waals surface area (Å²) in [7, 11) is 0. The van der Waals surface area contributed by atoms with Gasteiger partial charge >= 0.3 is 0 Å². The van der Waals surface area contributed by atoms with Gasteiger partial charge in [0.25, 0.3) is 0 Å². The largest absolute Gasteiger partial charge is 0.364 e. The van der Waals surface area contributed by atoms with Gasteiger partial charge in [0.15, 0.2) is 11.6 Å². The van der Waals surface area contributed by atoms with E-state index in [2.05, 4.69) is 30.7 Å². The number of fused-ring (bicyclic) bond motifs is 2. The lowest BCUT2D eigenvalue weighted by molar-refractivity contribution is -0.00995. The molecule has 0 bridgehead atoms. The van der Waals surface area contributed by atoms with Crippen molar-refractivity contribution in [2.75, 3.05) is 5.32 Å². The van der Waals surface area contributed by atoms with Crippen LogP contribution in [0.3, 0.4) is 0 Å². The first kappa shape index (κ1) is 17.1. The van der Waals surface area contributed by atoms with E-state index < -0.39 is 11.4 Å². The molecule has 1 aliphatic heterocycles. The molecule has 8 nitrogen and oxygen atoms in total. The van der Waals surface area contributed by atoms with Gasteiger partial charge in [-0.25, -0.2) is 14.4 Å². The Morgan fingerprint density at radius 2 is 2.11 bits per heavy atom. The number of hydrogen-bond donors (Lipinski definition) is 3. The molecule has 4 aromatic rings. The molecule has 10 heteroatoms. The molecule has 28 heavy (non-hydrogen) atoms. The fourth-order valence-corrected chi connectivity index (χ4v) is 3.49. The van der Waals surface area contributed by atoms with Gasteiger partial charge in [-0.3, -0.25) is 10.2 Å². The molecule has 3 aromatic heterocycles. The summed E-state index contributed by atoms with van der Waals surface area (Å²) in [4.78, 5) is 9.34. The number of nitrogens with zero attached hydrogens (tertiary/aromatic N) is 4. The first-order valence-electron chi connectivity index (χ1n) is 8.57. The molecule has 0 unspecified atom stereocenters. The van der Waals surface area contributed by atoms with E-state index in [9.17, 15) is 4.39 Å². The van der Waals surface area contributed by atoms with Crippen LogP contribution in [0.4, 0.5) is 16.0 Å². The van der Waals surface area contributed by atoms with Crippen molar-refractivity contribution >= 4 is 34.1 Å². The minimum atomic E-state index is -0.548. The van der Waals surface area contributed by atoms with Gasteiger partial charge in [-0.2, -0.15) is 10.2 Å². The maximum Gasteiger partial charge on any atom is 0.165 e. The van der Waals surface area contributed by atoms with Crippen molar-refractivity contribution in [3.63, 3.8) is 0 Å². The highest BCUT2D eigenvalue weighted by molar-refractivity contribution is 6.35. The minimum absolute atomic E-state index is 0.00507. The second-order valence-corrected chi connectivity index (χ2v) is 7.37. The second-order valence-electron chi connectivity index (χ2n) is 6.99. The van der Waals surface area contributed by atoms with Crippen molar-refractivity contribution in [3.8, 4) is 11.4 Å². The standard InChI is InChI=1S/C18H15ClFN7O/c1-18(2)14-10(7-28-18)16(24-15(23-14)8-5-21-22-6-8)25-17-9-3-4-11(20)12(19)13(9)26-27-17/h3-6H,7H2,1-2H3,(H,21,22)(H2,23,24,25,26,27). The third kappa shape index (κ3) is 2.54. The number of aromatic amines is 2. The number of benzene rings is 1. The monoisotopic (exact) mass is 399 g/mol. The Morgan fingerprint density at radius 3 is 2.89 bits per heavy atom. The van der Waals surface area contributed by atoms with E-state index in [4.69, 9.17) is 21.3 Å². The Kier molecular flexibility index (Phi) is 3.65. The van der Waals surface area contributed by atoms with Crippen molar-refractivity contribution in [1.29, 1.82) is 0 Å². The predicted octanol–water partition coefficient (Wildman–Crippen LogP) is 4.04. The number of nitrogens with one attached hydrogen (secondary N) is 3. The van der Waals surface area contributed by atoms with E-state index in [-0.39, 0.29) is 5.02 Å². The maximum absolute atomic E-state index is 13.7. The van der Waals surface area contributed by atoms with Crippen LogP contribution in [0.5, 0.6) is 0 Å². The smallest absolute Gasteiger partial charge is 0.165 e. The second kappa shape index (κ2) is 5.98. The normalized spacial score (nSPS) is 15.1. The number of rotatable bonds is 3. The topological polar surface area (TPSA) is 104 Å². The summed E-state index contributed by atoms with van der Waals surface area (Å²) in [6.45, 7) is 4.29. The van der Waals surface area contributed by atoms with Crippen LogP contribution in [0.25, 0.3) is 22.3 Å². The Hall–Kier alpha value is -3.04. The molecular weight excluding hydrogens is 385 g/mol.